The van der Waals surface area contributed by atoms with Crippen molar-refractivity contribution >= 4 is 23.1 Å². The number of rotatable bonds is 1. The van der Waals surface area contributed by atoms with Crippen molar-refractivity contribution in [3.05, 3.63) is 53.2 Å². The van der Waals surface area contributed by atoms with E-state index in [2.05, 4.69) is 11.1 Å². The van der Waals surface area contributed by atoms with Gasteiger partial charge in [-0.2, -0.15) is 0 Å². The van der Waals surface area contributed by atoms with Crippen molar-refractivity contribution in [3.8, 4) is 11.3 Å². The number of hydrogen-bond donors (Lipinski definition) is 1. The van der Waals surface area contributed by atoms with E-state index in [1.807, 2.05) is 37.3 Å². The summed E-state index contributed by atoms with van der Waals surface area (Å²) in [7, 11) is 0. The number of nitrogens with zero attached hydrogens (tertiary/aromatic N) is 2. The molecule has 0 amide bonds. The third kappa shape index (κ3) is 1.73. The standard InChI is InChI=1S/C14H12ClN3/c1-9-3-2-4-10(7-9)13-14(16)18-8-11(15)5-6-12(18)17-13/h2-8H,16H2,1H3. The first-order valence-electron chi connectivity index (χ1n) is 5.65. The number of pyridine rings is 1. The Morgan fingerprint density at radius 2 is 2.06 bits per heavy atom. The van der Waals surface area contributed by atoms with E-state index < -0.39 is 0 Å². The van der Waals surface area contributed by atoms with Gasteiger partial charge in [0.25, 0.3) is 0 Å². The minimum absolute atomic E-state index is 0.609. The summed E-state index contributed by atoms with van der Waals surface area (Å²) in [5.74, 6) is 0.609. The molecule has 0 spiro atoms. The lowest BCUT2D eigenvalue weighted by Crippen LogP contribution is -1.94. The van der Waals surface area contributed by atoms with Gasteiger partial charge in [0.15, 0.2) is 0 Å². The molecule has 3 aromatic rings. The van der Waals surface area contributed by atoms with E-state index in [1.165, 1.54) is 5.56 Å². The number of halogens is 1. The topological polar surface area (TPSA) is 43.3 Å². The molecule has 0 unspecified atom stereocenters. The molecule has 0 aliphatic heterocycles. The van der Waals surface area contributed by atoms with E-state index in [1.54, 1.807) is 10.6 Å². The van der Waals surface area contributed by atoms with Crippen LogP contribution in [0.25, 0.3) is 16.9 Å². The van der Waals surface area contributed by atoms with Gasteiger partial charge in [0.05, 0.1) is 5.02 Å². The maximum absolute atomic E-state index is 6.13. The van der Waals surface area contributed by atoms with Crippen molar-refractivity contribution in [1.29, 1.82) is 0 Å². The van der Waals surface area contributed by atoms with Crippen LogP contribution < -0.4 is 5.73 Å². The highest BCUT2D eigenvalue weighted by Crippen LogP contribution is 2.27. The van der Waals surface area contributed by atoms with Gasteiger partial charge in [0.2, 0.25) is 0 Å². The van der Waals surface area contributed by atoms with Gasteiger partial charge in [0.1, 0.15) is 17.2 Å². The van der Waals surface area contributed by atoms with Crippen molar-refractivity contribution in [2.75, 3.05) is 5.73 Å². The van der Waals surface area contributed by atoms with Gasteiger partial charge in [-0.05, 0) is 25.1 Å². The van der Waals surface area contributed by atoms with Gasteiger partial charge >= 0.3 is 0 Å². The number of hydrogen-bond acceptors (Lipinski definition) is 2. The largest absolute Gasteiger partial charge is 0.383 e. The number of anilines is 1. The van der Waals surface area contributed by atoms with Crippen molar-refractivity contribution in [1.82, 2.24) is 9.38 Å². The molecule has 0 aliphatic rings. The summed E-state index contributed by atoms with van der Waals surface area (Å²) in [6, 6.07) is 11.8. The normalized spacial score (nSPS) is 11.0. The molecule has 0 atom stereocenters. The van der Waals surface area contributed by atoms with Crippen LogP contribution in [0.3, 0.4) is 0 Å². The molecule has 0 fully saturated rings. The Balaban J connectivity index is 2.27. The number of aryl methyl sites for hydroxylation is 1. The quantitative estimate of drug-likeness (QED) is 0.725. The molecule has 2 N–H and O–H groups in total. The van der Waals surface area contributed by atoms with E-state index in [0.29, 0.717) is 10.8 Å². The average Bonchev–Trinajstić information content (AvgIpc) is 2.67. The molecule has 0 saturated heterocycles. The summed E-state index contributed by atoms with van der Waals surface area (Å²) >= 11 is 5.97. The third-order valence-electron chi connectivity index (χ3n) is 2.91. The van der Waals surface area contributed by atoms with Crippen molar-refractivity contribution in [3.63, 3.8) is 0 Å². The van der Waals surface area contributed by atoms with E-state index in [4.69, 9.17) is 17.3 Å². The number of fused-ring (bicyclic) bond motifs is 1. The average molecular weight is 258 g/mol. The second-order valence-electron chi connectivity index (χ2n) is 4.29. The second kappa shape index (κ2) is 4.03. The summed E-state index contributed by atoms with van der Waals surface area (Å²) in [4.78, 5) is 4.54. The molecule has 0 bridgehead atoms. The van der Waals surface area contributed by atoms with Gasteiger partial charge in [-0.25, -0.2) is 4.98 Å². The van der Waals surface area contributed by atoms with Crippen LogP contribution in [0.5, 0.6) is 0 Å². The fraction of sp³-hybridized carbons (Fsp3) is 0.0714. The Bertz CT molecular complexity index is 731. The molecular weight excluding hydrogens is 246 g/mol. The highest BCUT2D eigenvalue weighted by atomic mass is 35.5. The smallest absolute Gasteiger partial charge is 0.139 e. The Hall–Kier alpha value is -2.00. The lowest BCUT2D eigenvalue weighted by atomic mass is 10.1. The number of imidazole rings is 1. The zero-order valence-electron chi connectivity index (χ0n) is 9.89. The van der Waals surface area contributed by atoms with Crippen molar-refractivity contribution in [2.45, 2.75) is 6.92 Å². The second-order valence-corrected chi connectivity index (χ2v) is 4.73. The Morgan fingerprint density at radius 3 is 2.83 bits per heavy atom. The van der Waals surface area contributed by atoms with Crippen LogP contribution in [0.1, 0.15) is 5.56 Å². The first-order chi connectivity index (χ1) is 8.65. The highest BCUT2D eigenvalue weighted by molar-refractivity contribution is 6.30. The predicted molar refractivity (Wildman–Crippen MR) is 74.8 cm³/mol. The molecule has 1 aromatic carbocycles. The molecule has 90 valence electrons. The first-order valence-corrected chi connectivity index (χ1v) is 6.03. The van der Waals surface area contributed by atoms with Crippen molar-refractivity contribution < 1.29 is 0 Å². The van der Waals surface area contributed by atoms with Crippen LogP contribution in [0.4, 0.5) is 5.82 Å². The van der Waals surface area contributed by atoms with Crippen molar-refractivity contribution in [2.24, 2.45) is 0 Å². The number of benzene rings is 1. The van der Waals surface area contributed by atoms with Gasteiger partial charge in [-0.1, -0.05) is 35.4 Å². The van der Waals surface area contributed by atoms with Gasteiger partial charge < -0.3 is 5.73 Å². The zero-order valence-corrected chi connectivity index (χ0v) is 10.6. The molecule has 0 saturated carbocycles. The third-order valence-corrected chi connectivity index (χ3v) is 3.13. The fourth-order valence-electron chi connectivity index (χ4n) is 2.04. The Morgan fingerprint density at radius 1 is 1.22 bits per heavy atom. The van der Waals surface area contributed by atoms with Crippen LogP contribution in [-0.4, -0.2) is 9.38 Å². The molecule has 3 rings (SSSR count). The lowest BCUT2D eigenvalue weighted by molar-refractivity contribution is 1.20. The Labute approximate surface area is 110 Å². The van der Waals surface area contributed by atoms with Crippen LogP contribution in [0.15, 0.2) is 42.6 Å². The van der Waals surface area contributed by atoms with Crippen LogP contribution in [0, 0.1) is 6.92 Å². The molecule has 4 heteroatoms. The number of nitrogen functional groups attached to an aromatic ring is 1. The van der Waals surface area contributed by atoms with Gasteiger partial charge in [-0.3, -0.25) is 4.40 Å². The van der Waals surface area contributed by atoms with Crippen LogP contribution in [0.2, 0.25) is 5.02 Å². The highest BCUT2D eigenvalue weighted by Gasteiger charge is 2.11. The summed E-state index contributed by atoms with van der Waals surface area (Å²) < 4.78 is 1.81. The first kappa shape index (κ1) is 11.1. The molecule has 18 heavy (non-hydrogen) atoms. The molecule has 0 radical (unpaired) electrons. The van der Waals surface area contributed by atoms with Gasteiger partial charge in [0, 0.05) is 11.8 Å². The minimum atomic E-state index is 0.609. The molecule has 0 aliphatic carbocycles. The van der Waals surface area contributed by atoms with Crippen LogP contribution in [-0.2, 0) is 0 Å². The van der Waals surface area contributed by atoms with Gasteiger partial charge in [-0.15, -0.1) is 0 Å². The summed E-state index contributed by atoms with van der Waals surface area (Å²) in [5.41, 5.74) is 9.93. The van der Waals surface area contributed by atoms with E-state index in [9.17, 15) is 0 Å². The van der Waals surface area contributed by atoms with E-state index >= 15 is 0 Å². The van der Waals surface area contributed by atoms with Crippen LogP contribution >= 0.6 is 11.6 Å². The fourth-order valence-corrected chi connectivity index (χ4v) is 2.20. The molecular formula is C14H12ClN3. The summed E-state index contributed by atoms with van der Waals surface area (Å²) in [5, 5.41) is 0.641. The zero-order chi connectivity index (χ0) is 12.7. The molecule has 2 heterocycles. The maximum atomic E-state index is 6.13. The number of aromatic nitrogens is 2. The number of nitrogens with two attached hydrogens (primary N) is 1. The van der Waals surface area contributed by atoms with E-state index in [-0.39, 0.29) is 0 Å². The SMILES string of the molecule is Cc1cccc(-c2nc3ccc(Cl)cn3c2N)c1. The minimum Gasteiger partial charge on any atom is -0.383 e. The predicted octanol–water partition coefficient (Wildman–Crippen LogP) is 3.55. The molecule has 2 aromatic heterocycles. The summed E-state index contributed by atoms with van der Waals surface area (Å²) in [6.07, 6.45) is 1.78. The van der Waals surface area contributed by atoms with E-state index in [0.717, 1.165) is 16.9 Å². The maximum Gasteiger partial charge on any atom is 0.139 e. The lowest BCUT2D eigenvalue weighted by Gasteiger charge is -2.00. The Kier molecular flexibility index (Phi) is 2.49. The monoisotopic (exact) mass is 257 g/mol. The molecule has 3 nitrogen and oxygen atoms in total. The summed E-state index contributed by atoms with van der Waals surface area (Å²) in [6.45, 7) is 2.05.